The molecule has 0 saturated carbocycles. The molecule has 0 saturated heterocycles. The van der Waals surface area contributed by atoms with E-state index in [1.165, 1.54) is 6.92 Å². The van der Waals surface area contributed by atoms with E-state index < -0.39 is 23.4 Å². The van der Waals surface area contributed by atoms with Gasteiger partial charge in [-0.1, -0.05) is 0 Å². The number of ether oxygens (including phenoxy) is 1. The van der Waals surface area contributed by atoms with Crippen molar-refractivity contribution in [1.29, 1.82) is 0 Å². The van der Waals surface area contributed by atoms with Gasteiger partial charge in [0.2, 0.25) is 0 Å². The first kappa shape index (κ1) is 13.9. The number of nitro groups is 1. The molecule has 0 radical (unpaired) electrons. The van der Waals surface area contributed by atoms with Gasteiger partial charge in [0.15, 0.2) is 6.61 Å². The Morgan fingerprint density at radius 1 is 1.44 bits per heavy atom. The third-order valence-corrected chi connectivity index (χ3v) is 2.15. The molecule has 4 N–H and O–H groups in total. The second kappa shape index (κ2) is 4.59. The van der Waals surface area contributed by atoms with Crippen LogP contribution in [0, 0.1) is 17.0 Å². The summed E-state index contributed by atoms with van der Waals surface area (Å²) in [5.41, 5.74) is 9.84. The number of nitrogen functional groups attached to an aromatic ring is 2. The Labute approximate surface area is 99.5 Å². The molecule has 0 aliphatic heterocycles. The molecule has 9 heteroatoms. The lowest BCUT2D eigenvalue weighted by molar-refractivity contribution is -0.383. The number of hydrogen-bond acceptors (Lipinski definition) is 5. The molecule has 0 aromatic heterocycles. The van der Waals surface area contributed by atoms with E-state index in [4.69, 9.17) is 11.5 Å². The highest BCUT2D eigenvalue weighted by atomic mass is 19.4. The fraction of sp³-hybridized carbons (Fsp3) is 0.333. The van der Waals surface area contributed by atoms with E-state index >= 15 is 0 Å². The van der Waals surface area contributed by atoms with E-state index in [0.29, 0.717) is 0 Å². The SMILES string of the molecule is Cc1c(N)c([N+](=O)[O-])cc(N)c1OCC(F)(F)F. The molecule has 0 spiro atoms. The highest BCUT2D eigenvalue weighted by molar-refractivity contribution is 5.75. The third-order valence-electron chi connectivity index (χ3n) is 2.15. The normalized spacial score (nSPS) is 11.3. The van der Waals surface area contributed by atoms with Crippen LogP contribution in [0.3, 0.4) is 0 Å². The second-order valence-corrected chi connectivity index (χ2v) is 3.51. The van der Waals surface area contributed by atoms with Gasteiger partial charge in [-0.3, -0.25) is 10.1 Å². The molecule has 0 heterocycles. The molecular formula is C9H10F3N3O3. The summed E-state index contributed by atoms with van der Waals surface area (Å²) in [6, 6.07) is 0.869. The lowest BCUT2D eigenvalue weighted by atomic mass is 10.1. The molecule has 6 nitrogen and oxygen atoms in total. The Morgan fingerprint density at radius 3 is 2.44 bits per heavy atom. The Hall–Kier alpha value is -2.19. The number of benzene rings is 1. The smallest absolute Gasteiger partial charge is 0.422 e. The number of nitrogens with zero attached hydrogens (tertiary/aromatic N) is 1. The van der Waals surface area contributed by atoms with Gasteiger partial charge in [0.25, 0.3) is 5.69 Å². The van der Waals surface area contributed by atoms with Crippen molar-refractivity contribution < 1.29 is 22.8 Å². The standard InChI is InChI=1S/C9H10F3N3O3/c1-4-7(14)6(15(16)17)2-5(13)8(4)18-3-9(10,11)12/h2H,3,13-14H2,1H3. The summed E-state index contributed by atoms with van der Waals surface area (Å²) in [4.78, 5) is 9.83. The first-order chi connectivity index (χ1) is 8.13. The molecule has 18 heavy (non-hydrogen) atoms. The molecular weight excluding hydrogens is 255 g/mol. The van der Waals surface area contributed by atoms with Crippen molar-refractivity contribution in [3.8, 4) is 5.75 Å². The minimum atomic E-state index is -4.53. The molecule has 0 atom stereocenters. The summed E-state index contributed by atoms with van der Waals surface area (Å²) in [6.07, 6.45) is -4.53. The van der Waals surface area contributed by atoms with Gasteiger partial charge in [0.1, 0.15) is 11.4 Å². The molecule has 1 aromatic carbocycles. The summed E-state index contributed by atoms with van der Waals surface area (Å²) in [5.74, 6) is -0.296. The summed E-state index contributed by atoms with van der Waals surface area (Å²) in [5, 5.41) is 10.6. The quantitative estimate of drug-likeness (QED) is 0.494. The van der Waals surface area contributed by atoms with Gasteiger partial charge >= 0.3 is 6.18 Å². The van der Waals surface area contributed by atoms with Crippen molar-refractivity contribution in [2.75, 3.05) is 18.1 Å². The Morgan fingerprint density at radius 2 is 2.00 bits per heavy atom. The van der Waals surface area contributed by atoms with Crippen molar-refractivity contribution in [1.82, 2.24) is 0 Å². The fourth-order valence-electron chi connectivity index (χ4n) is 1.32. The third kappa shape index (κ3) is 2.93. The zero-order valence-corrected chi connectivity index (χ0v) is 9.25. The summed E-state index contributed by atoms with van der Waals surface area (Å²) < 4.78 is 40.5. The van der Waals surface area contributed by atoms with Crippen LogP contribution in [0.4, 0.5) is 30.2 Å². The number of nitrogens with two attached hydrogens (primary N) is 2. The van der Waals surface area contributed by atoms with Crippen molar-refractivity contribution >= 4 is 17.1 Å². The molecule has 0 unspecified atom stereocenters. The minimum Gasteiger partial charge on any atom is -0.482 e. The van der Waals surface area contributed by atoms with Gasteiger partial charge in [0.05, 0.1) is 10.6 Å². The molecule has 0 amide bonds. The molecule has 1 aromatic rings. The van der Waals surface area contributed by atoms with Crippen LogP contribution in [0.1, 0.15) is 5.56 Å². The van der Waals surface area contributed by atoms with E-state index in [0.717, 1.165) is 6.07 Å². The molecule has 0 aliphatic carbocycles. The predicted octanol–water partition coefficient (Wildman–Crippen LogP) is 2.01. The lowest BCUT2D eigenvalue weighted by Crippen LogP contribution is -2.20. The lowest BCUT2D eigenvalue weighted by Gasteiger charge is -2.14. The maximum atomic E-state index is 12.0. The van der Waals surface area contributed by atoms with E-state index in [2.05, 4.69) is 4.74 Å². The number of anilines is 2. The molecule has 100 valence electrons. The van der Waals surface area contributed by atoms with Crippen LogP contribution in [-0.2, 0) is 0 Å². The van der Waals surface area contributed by atoms with Crippen LogP contribution in [0.25, 0.3) is 0 Å². The highest BCUT2D eigenvalue weighted by Gasteiger charge is 2.30. The Kier molecular flexibility index (Phi) is 3.54. The fourth-order valence-corrected chi connectivity index (χ4v) is 1.32. The van der Waals surface area contributed by atoms with E-state index in [1.54, 1.807) is 0 Å². The monoisotopic (exact) mass is 265 g/mol. The van der Waals surface area contributed by atoms with Crippen LogP contribution >= 0.6 is 0 Å². The van der Waals surface area contributed by atoms with Gasteiger partial charge in [-0.05, 0) is 6.92 Å². The molecule has 1 rings (SSSR count). The second-order valence-electron chi connectivity index (χ2n) is 3.51. The number of hydrogen-bond donors (Lipinski definition) is 2. The topological polar surface area (TPSA) is 104 Å². The van der Waals surface area contributed by atoms with Crippen LogP contribution < -0.4 is 16.2 Å². The maximum absolute atomic E-state index is 12.0. The number of halogens is 3. The Bertz CT molecular complexity index is 488. The van der Waals surface area contributed by atoms with E-state index in [-0.39, 0.29) is 22.7 Å². The number of rotatable bonds is 3. The predicted molar refractivity (Wildman–Crippen MR) is 58.2 cm³/mol. The van der Waals surface area contributed by atoms with Gasteiger partial charge < -0.3 is 16.2 Å². The first-order valence-corrected chi connectivity index (χ1v) is 4.66. The minimum absolute atomic E-state index is 0.00551. The molecule has 0 fully saturated rings. The molecule has 0 aliphatic rings. The van der Waals surface area contributed by atoms with Crippen molar-refractivity contribution in [2.24, 2.45) is 0 Å². The zero-order valence-electron chi connectivity index (χ0n) is 9.25. The summed E-state index contributed by atoms with van der Waals surface area (Å²) >= 11 is 0. The van der Waals surface area contributed by atoms with Crippen molar-refractivity contribution in [3.63, 3.8) is 0 Å². The van der Waals surface area contributed by atoms with Gasteiger partial charge in [-0.2, -0.15) is 13.2 Å². The van der Waals surface area contributed by atoms with E-state index in [1.807, 2.05) is 0 Å². The largest absolute Gasteiger partial charge is 0.482 e. The van der Waals surface area contributed by atoms with E-state index in [9.17, 15) is 23.3 Å². The average Bonchev–Trinajstić information content (AvgIpc) is 2.21. The van der Waals surface area contributed by atoms with Gasteiger partial charge in [-0.25, -0.2) is 0 Å². The highest BCUT2D eigenvalue weighted by Crippen LogP contribution is 2.38. The Balaban J connectivity index is 3.15. The number of alkyl halides is 3. The van der Waals surface area contributed by atoms with Crippen molar-refractivity contribution in [3.05, 3.63) is 21.7 Å². The maximum Gasteiger partial charge on any atom is 0.422 e. The first-order valence-electron chi connectivity index (χ1n) is 4.66. The number of nitro benzene ring substituents is 1. The average molecular weight is 265 g/mol. The van der Waals surface area contributed by atoms with Gasteiger partial charge in [0, 0.05) is 11.6 Å². The van der Waals surface area contributed by atoms with Crippen LogP contribution in [0.2, 0.25) is 0 Å². The van der Waals surface area contributed by atoms with Gasteiger partial charge in [-0.15, -0.1) is 0 Å². The van der Waals surface area contributed by atoms with Crippen LogP contribution in [0.5, 0.6) is 5.75 Å². The zero-order chi connectivity index (χ0) is 14.1. The molecule has 0 bridgehead atoms. The van der Waals surface area contributed by atoms with Crippen LogP contribution in [-0.4, -0.2) is 17.7 Å². The summed E-state index contributed by atoms with van der Waals surface area (Å²) in [7, 11) is 0. The van der Waals surface area contributed by atoms with Crippen LogP contribution in [0.15, 0.2) is 6.07 Å². The van der Waals surface area contributed by atoms with Crippen molar-refractivity contribution in [2.45, 2.75) is 13.1 Å². The summed E-state index contributed by atoms with van der Waals surface area (Å²) in [6.45, 7) is -0.250.